The zero-order valence-corrected chi connectivity index (χ0v) is 27.8. The lowest BCUT2D eigenvalue weighted by Gasteiger charge is -2.20. The summed E-state index contributed by atoms with van der Waals surface area (Å²) in [5.74, 6) is 0.293. The van der Waals surface area contributed by atoms with E-state index < -0.39 is 0 Å². The highest BCUT2D eigenvalue weighted by molar-refractivity contribution is 6.29. The fraction of sp³-hybridized carbons (Fsp3) is 0.0417. The van der Waals surface area contributed by atoms with Crippen LogP contribution in [0.4, 0.5) is 0 Å². The Labute approximate surface area is 294 Å². The van der Waals surface area contributed by atoms with Gasteiger partial charge in [0.25, 0.3) is 0 Å². The zero-order chi connectivity index (χ0) is 33.5. The molecular weight excluding hydrogens is 621 g/mol. The maximum Gasteiger partial charge on any atom is 0.159 e. The first kappa shape index (κ1) is 28.3. The van der Waals surface area contributed by atoms with Gasteiger partial charge in [0.2, 0.25) is 0 Å². The van der Waals surface area contributed by atoms with Gasteiger partial charge in [0.15, 0.2) is 5.58 Å². The number of allylic oxidation sites excluding steroid dienone is 4. The molecule has 1 aliphatic rings. The molecule has 240 valence electrons. The Kier molecular flexibility index (Phi) is 6.08. The first-order valence-electron chi connectivity index (χ1n) is 17.7. The van der Waals surface area contributed by atoms with Crippen LogP contribution in [0.25, 0.3) is 88.1 Å². The molecule has 7 aromatic carbocycles. The van der Waals surface area contributed by atoms with E-state index in [9.17, 15) is 0 Å². The van der Waals surface area contributed by atoms with Crippen LogP contribution in [-0.2, 0) is 0 Å². The van der Waals surface area contributed by atoms with Gasteiger partial charge in [-0.3, -0.25) is 0 Å². The molecule has 0 spiro atoms. The molecule has 1 aliphatic carbocycles. The third kappa shape index (κ3) is 4.18. The van der Waals surface area contributed by atoms with Crippen molar-refractivity contribution >= 4 is 71.2 Å². The van der Waals surface area contributed by atoms with Crippen molar-refractivity contribution in [2.24, 2.45) is 0 Å². The van der Waals surface area contributed by atoms with E-state index in [0.717, 1.165) is 34.0 Å². The van der Waals surface area contributed by atoms with Gasteiger partial charge in [-0.15, -0.1) is 0 Å². The molecule has 3 aromatic heterocycles. The molecule has 1 atom stereocenters. The minimum absolute atomic E-state index is 0.293. The first-order chi connectivity index (χ1) is 25.3. The number of aromatic nitrogens is 2. The van der Waals surface area contributed by atoms with E-state index in [1.165, 1.54) is 66.0 Å². The van der Waals surface area contributed by atoms with Gasteiger partial charge < -0.3 is 13.6 Å². The Morgan fingerprint density at radius 3 is 1.84 bits per heavy atom. The second-order valence-corrected chi connectivity index (χ2v) is 13.6. The molecule has 0 saturated carbocycles. The van der Waals surface area contributed by atoms with E-state index in [1.807, 2.05) is 6.07 Å². The summed E-state index contributed by atoms with van der Waals surface area (Å²) in [6.45, 7) is 0. The second kappa shape index (κ2) is 11.0. The van der Waals surface area contributed by atoms with Crippen molar-refractivity contribution in [2.75, 3.05) is 0 Å². The summed E-state index contributed by atoms with van der Waals surface area (Å²) in [6, 6.07) is 56.9. The van der Waals surface area contributed by atoms with Gasteiger partial charge in [-0.2, -0.15) is 0 Å². The molecule has 3 heterocycles. The van der Waals surface area contributed by atoms with Gasteiger partial charge in [-0.25, -0.2) is 0 Å². The third-order valence-electron chi connectivity index (χ3n) is 10.9. The van der Waals surface area contributed by atoms with Crippen LogP contribution in [0.5, 0.6) is 0 Å². The molecule has 51 heavy (non-hydrogen) atoms. The zero-order valence-electron chi connectivity index (χ0n) is 27.8. The molecule has 0 aliphatic heterocycles. The van der Waals surface area contributed by atoms with Gasteiger partial charge >= 0.3 is 0 Å². The highest BCUT2D eigenvalue weighted by Gasteiger charge is 2.23. The number of para-hydroxylation sites is 4. The normalized spacial score (nSPS) is 14.8. The Balaban J connectivity index is 1.13. The summed E-state index contributed by atoms with van der Waals surface area (Å²) in [5, 5.41) is 7.30. The van der Waals surface area contributed by atoms with Crippen molar-refractivity contribution < 1.29 is 4.42 Å². The van der Waals surface area contributed by atoms with E-state index in [0.29, 0.717) is 5.92 Å². The van der Waals surface area contributed by atoms with Crippen molar-refractivity contribution in [1.29, 1.82) is 0 Å². The van der Waals surface area contributed by atoms with Crippen LogP contribution in [-0.4, -0.2) is 9.13 Å². The summed E-state index contributed by atoms with van der Waals surface area (Å²) >= 11 is 0. The number of hydrogen-bond donors (Lipinski definition) is 0. The number of hydrogen-bond acceptors (Lipinski definition) is 1. The minimum atomic E-state index is 0.293. The Bertz CT molecular complexity index is 3040. The lowest BCUT2D eigenvalue weighted by Crippen LogP contribution is -2.03. The molecule has 10 aromatic rings. The van der Waals surface area contributed by atoms with Crippen LogP contribution in [0, 0.1) is 0 Å². The van der Waals surface area contributed by atoms with Crippen molar-refractivity contribution in [3.63, 3.8) is 0 Å². The largest absolute Gasteiger partial charge is 0.454 e. The Morgan fingerprint density at radius 2 is 1.08 bits per heavy atom. The molecule has 0 N–H and O–H groups in total. The van der Waals surface area contributed by atoms with Crippen molar-refractivity contribution in [3.8, 4) is 16.8 Å². The molecule has 3 heteroatoms. The maximum atomic E-state index is 6.58. The number of benzene rings is 7. The standard InChI is InChI=1S/C48H32N2O/c1-2-12-31(13-3-1)32-24-26-33(27-25-32)34-14-10-15-35(30-34)49-40-20-7-4-17-38(40)46-42(49)28-29-43-47(46)39-18-5-8-21-41(39)50(43)44-22-11-19-37-36-16-6-9-23-45(36)51-48(37)44/h1-13,15-30,34H,14H2. The van der Waals surface area contributed by atoms with E-state index >= 15 is 0 Å². The van der Waals surface area contributed by atoms with Crippen LogP contribution in [0.2, 0.25) is 0 Å². The van der Waals surface area contributed by atoms with Crippen molar-refractivity contribution in [3.05, 3.63) is 182 Å². The molecule has 0 radical (unpaired) electrons. The number of nitrogens with zero attached hydrogens (tertiary/aromatic N) is 2. The van der Waals surface area contributed by atoms with Crippen molar-refractivity contribution in [1.82, 2.24) is 9.13 Å². The summed E-state index contributed by atoms with van der Waals surface area (Å²) in [5.41, 5.74) is 12.7. The van der Waals surface area contributed by atoms with Gasteiger partial charge in [0.1, 0.15) is 5.58 Å². The lowest BCUT2D eigenvalue weighted by atomic mass is 9.90. The summed E-state index contributed by atoms with van der Waals surface area (Å²) in [7, 11) is 0. The molecule has 0 amide bonds. The SMILES string of the molecule is C1=CC(n2c3ccccc3c3c4c5ccccc5n(-c5cccc6c5oc5ccccc56)c4ccc32)=CC(c2ccc(-c3ccccc3)cc2)C1. The topological polar surface area (TPSA) is 23.0 Å². The fourth-order valence-corrected chi connectivity index (χ4v) is 8.56. The highest BCUT2D eigenvalue weighted by atomic mass is 16.3. The first-order valence-corrected chi connectivity index (χ1v) is 17.7. The molecule has 1 unspecified atom stereocenters. The van der Waals surface area contributed by atoms with Gasteiger partial charge in [0, 0.05) is 43.9 Å². The van der Waals surface area contributed by atoms with Gasteiger partial charge in [0.05, 0.1) is 27.8 Å². The Hall–Kier alpha value is -6.58. The number of fused-ring (bicyclic) bond motifs is 10. The van der Waals surface area contributed by atoms with Gasteiger partial charge in [-0.05, 0) is 65.6 Å². The maximum absolute atomic E-state index is 6.58. The van der Waals surface area contributed by atoms with Crippen LogP contribution in [0.1, 0.15) is 17.9 Å². The third-order valence-corrected chi connectivity index (χ3v) is 10.9. The number of furan rings is 1. The molecule has 0 bridgehead atoms. The quantitative estimate of drug-likeness (QED) is 0.186. The molecule has 11 rings (SSSR count). The van der Waals surface area contributed by atoms with Gasteiger partial charge in [-0.1, -0.05) is 133 Å². The van der Waals surface area contributed by atoms with Crippen LogP contribution < -0.4 is 0 Å². The van der Waals surface area contributed by atoms with E-state index in [4.69, 9.17) is 4.42 Å². The van der Waals surface area contributed by atoms with E-state index in [-0.39, 0.29) is 0 Å². The van der Waals surface area contributed by atoms with E-state index in [2.05, 4.69) is 179 Å². The van der Waals surface area contributed by atoms with Crippen molar-refractivity contribution in [2.45, 2.75) is 12.3 Å². The predicted octanol–water partition coefficient (Wildman–Crippen LogP) is 13.0. The smallest absolute Gasteiger partial charge is 0.159 e. The van der Waals surface area contributed by atoms with E-state index in [1.54, 1.807) is 0 Å². The molecular formula is C48H32N2O. The van der Waals surface area contributed by atoms with Crippen LogP contribution in [0.15, 0.2) is 180 Å². The average Bonchev–Trinajstić information content (AvgIpc) is 3.86. The predicted molar refractivity (Wildman–Crippen MR) is 214 cm³/mol. The summed E-state index contributed by atoms with van der Waals surface area (Å²) in [4.78, 5) is 0. The second-order valence-electron chi connectivity index (χ2n) is 13.6. The average molecular weight is 653 g/mol. The summed E-state index contributed by atoms with van der Waals surface area (Å²) < 4.78 is 11.4. The number of rotatable bonds is 4. The highest BCUT2D eigenvalue weighted by Crippen LogP contribution is 2.44. The van der Waals surface area contributed by atoms with Crippen LogP contribution >= 0.6 is 0 Å². The minimum Gasteiger partial charge on any atom is -0.454 e. The van der Waals surface area contributed by atoms with Crippen LogP contribution in [0.3, 0.4) is 0 Å². The lowest BCUT2D eigenvalue weighted by molar-refractivity contribution is 0.666. The molecule has 0 saturated heterocycles. The Morgan fingerprint density at radius 1 is 0.471 bits per heavy atom. The fourth-order valence-electron chi connectivity index (χ4n) is 8.56. The summed E-state index contributed by atoms with van der Waals surface area (Å²) in [6.07, 6.45) is 8.08. The molecule has 0 fully saturated rings. The monoisotopic (exact) mass is 652 g/mol. The molecule has 3 nitrogen and oxygen atoms in total.